The molecule has 1 rings (SSSR count). The molecule has 0 aromatic rings. The summed E-state index contributed by atoms with van der Waals surface area (Å²) in [6.07, 6.45) is 0.703. The fourth-order valence-electron chi connectivity index (χ4n) is 2.65. The number of hydrogen-bond donors (Lipinski definition) is 0. The van der Waals surface area contributed by atoms with E-state index < -0.39 is 53.7 Å². The molecule has 0 aliphatic carbocycles. The van der Waals surface area contributed by atoms with E-state index in [2.05, 4.69) is 0 Å². The Hall–Kier alpha value is -1.72. The molecule has 3 unspecified atom stereocenters. The highest BCUT2D eigenvalue weighted by Crippen LogP contribution is 2.39. The zero-order valence-corrected chi connectivity index (χ0v) is 19.3. The molecule has 5 atom stereocenters. The van der Waals surface area contributed by atoms with E-state index in [1.54, 1.807) is 0 Å². The van der Waals surface area contributed by atoms with Crippen LogP contribution in [-0.2, 0) is 42.9 Å². The summed E-state index contributed by atoms with van der Waals surface area (Å²) in [7, 11) is 2.73. The van der Waals surface area contributed by atoms with Crippen LogP contribution in [0.3, 0.4) is 0 Å². The second-order valence-corrected chi connectivity index (χ2v) is 8.84. The van der Waals surface area contributed by atoms with Crippen LogP contribution < -0.4 is 0 Å². The van der Waals surface area contributed by atoms with Gasteiger partial charge in [0.1, 0.15) is 12.7 Å². The predicted molar refractivity (Wildman–Crippen MR) is 111 cm³/mol. The van der Waals surface area contributed by atoms with Crippen LogP contribution in [0.15, 0.2) is 12.2 Å². The van der Waals surface area contributed by atoms with E-state index in [0.717, 1.165) is 6.42 Å². The normalized spacial score (nSPS) is 26.1. The molecule has 1 fully saturated rings. The van der Waals surface area contributed by atoms with Gasteiger partial charge in [0.25, 0.3) is 0 Å². The van der Waals surface area contributed by atoms with Crippen LogP contribution in [0.4, 0.5) is 0 Å². The first kappa shape index (κ1) is 26.3. The minimum atomic E-state index is -1.13. The average Bonchev–Trinajstić information content (AvgIpc) is 2.63. The number of allylic oxidation sites excluding steroid dienone is 1. The van der Waals surface area contributed by atoms with Gasteiger partial charge in [-0.3, -0.25) is 19.2 Å². The first-order valence-electron chi connectivity index (χ1n) is 9.39. The van der Waals surface area contributed by atoms with Crippen molar-refractivity contribution in [1.29, 1.82) is 0 Å². The van der Waals surface area contributed by atoms with Gasteiger partial charge in [-0.2, -0.15) is 0 Å². The summed E-state index contributed by atoms with van der Waals surface area (Å²) < 4.78 is 27.1. The Labute approximate surface area is 183 Å². The highest BCUT2D eigenvalue weighted by molar-refractivity contribution is 8.76. The van der Waals surface area contributed by atoms with Crippen molar-refractivity contribution >= 4 is 45.5 Å². The van der Waals surface area contributed by atoms with Crippen molar-refractivity contribution in [1.82, 2.24) is 0 Å². The summed E-state index contributed by atoms with van der Waals surface area (Å²) >= 11 is 0. The fourth-order valence-corrected chi connectivity index (χ4v) is 4.92. The Morgan fingerprint density at radius 1 is 0.833 bits per heavy atom. The minimum absolute atomic E-state index is 0.227. The fraction of sp³-hybridized carbons (Fsp3) is 0.684. The molecule has 1 aliphatic heterocycles. The third-order valence-electron chi connectivity index (χ3n) is 3.68. The minimum Gasteiger partial charge on any atom is -0.463 e. The second kappa shape index (κ2) is 13.6. The third-order valence-corrected chi connectivity index (χ3v) is 6.10. The summed E-state index contributed by atoms with van der Waals surface area (Å²) in [6, 6.07) is 0. The molecular weight excluding hydrogens is 436 g/mol. The lowest BCUT2D eigenvalue weighted by Crippen LogP contribution is -2.61. The van der Waals surface area contributed by atoms with Crippen molar-refractivity contribution in [3.63, 3.8) is 0 Å². The molecule has 0 saturated carbocycles. The van der Waals surface area contributed by atoms with Gasteiger partial charge in [0, 0.05) is 33.4 Å². The second-order valence-electron chi connectivity index (χ2n) is 6.33. The number of carbonyl (C=O) groups excluding carboxylic acids is 4. The third kappa shape index (κ3) is 9.40. The topological polar surface area (TPSA) is 114 Å². The van der Waals surface area contributed by atoms with Crippen molar-refractivity contribution in [3.05, 3.63) is 12.2 Å². The van der Waals surface area contributed by atoms with E-state index in [4.69, 9.17) is 23.7 Å². The van der Waals surface area contributed by atoms with E-state index in [9.17, 15) is 19.2 Å². The first-order chi connectivity index (χ1) is 14.1. The Morgan fingerprint density at radius 2 is 1.40 bits per heavy atom. The Bertz CT molecular complexity index is 637. The molecule has 1 saturated heterocycles. The maximum absolute atomic E-state index is 11.7. The monoisotopic (exact) mass is 464 g/mol. The Morgan fingerprint density at radius 3 is 1.93 bits per heavy atom. The smallest absolute Gasteiger partial charge is 0.303 e. The van der Waals surface area contributed by atoms with Crippen LogP contribution in [0.5, 0.6) is 0 Å². The number of esters is 4. The summed E-state index contributed by atoms with van der Waals surface area (Å²) in [5.74, 6) is -1.78. The quantitative estimate of drug-likeness (QED) is 0.156. The lowest BCUT2D eigenvalue weighted by Gasteiger charge is -2.43. The molecule has 1 aliphatic rings. The molecule has 0 bridgehead atoms. The van der Waals surface area contributed by atoms with Gasteiger partial charge in [-0.25, -0.2) is 0 Å². The number of rotatable bonds is 10. The van der Waals surface area contributed by atoms with Crippen LogP contribution in [-0.4, -0.2) is 66.1 Å². The molecule has 0 N–H and O–H groups in total. The molecular formula is C19H28O9S2. The largest absolute Gasteiger partial charge is 0.463 e. The van der Waals surface area contributed by atoms with Gasteiger partial charge in [0.05, 0.1) is 0 Å². The maximum atomic E-state index is 11.7. The number of ether oxygens (including phenoxy) is 5. The Kier molecular flexibility index (Phi) is 11.9. The zero-order valence-electron chi connectivity index (χ0n) is 17.7. The number of carbonyl (C=O) groups is 4. The standard InChI is InChI=1S/C19H28O9S2/c1-6-7-8-9-29-30-19-18(27-14(5)23)17(26-13(4)22)16(25-12(3)21)15(28-19)10-24-11(2)20/h7-8,15-19H,6,9-10H2,1-5H3/b8-7-/t15?,16-,17?,18?,19+/m1/s1. The van der Waals surface area contributed by atoms with Gasteiger partial charge in [0.2, 0.25) is 0 Å². The lowest BCUT2D eigenvalue weighted by atomic mass is 9.99. The molecule has 0 aromatic heterocycles. The molecule has 0 spiro atoms. The zero-order chi connectivity index (χ0) is 22.7. The van der Waals surface area contributed by atoms with Crippen molar-refractivity contribution < 1.29 is 42.9 Å². The molecule has 0 aromatic carbocycles. The van der Waals surface area contributed by atoms with Crippen LogP contribution in [0.2, 0.25) is 0 Å². The van der Waals surface area contributed by atoms with Gasteiger partial charge >= 0.3 is 23.9 Å². The Balaban J connectivity index is 3.17. The van der Waals surface area contributed by atoms with E-state index in [0.29, 0.717) is 5.75 Å². The van der Waals surface area contributed by atoms with Gasteiger partial charge < -0.3 is 23.7 Å². The van der Waals surface area contributed by atoms with Crippen LogP contribution in [0.25, 0.3) is 0 Å². The molecule has 9 nitrogen and oxygen atoms in total. The predicted octanol–water partition coefficient (Wildman–Crippen LogP) is 2.42. The van der Waals surface area contributed by atoms with Crippen LogP contribution in [0, 0.1) is 0 Å². The molecule has 1 heterocycles. The average molecular weight is 465 g/mol. The van der Waals surface area contributed by atoms with E-state index in [1.807, 2.05) is 19.1 Å². The lowest BCUT2D eigenvalue weighted by molar-refractivity contribution is -0.237. The summed E-state index contributed by atoms with van der Waals surface area (Å²) in [6.45, 7) is 6.62. The number of hydrogen-bond acceptors (Lipinski definition) is 11. The van der Waals surface area contributed by atoms with E-state index >= 15 is 0 Å². The summed E-state index contributed by atoms with van der Waals surface area (Å²) in [4.78, 5) is 46.4. The van der Waals surface area contributed by atoms with Crippen molar-refractivity contribution in [3.8, 4) is 0 Å². The summed E-state index contributed by atoms with van der Waals surface area (Å²) in [5.41, 5.74) is -0.759. The van der Waals surface area contributed by atoms with Crippen molar-refractivity contribution in [2.75, 3.05) is 12.4 Å². The van der Waals surface area contributed by atoms with Gasteiger partial charge in [-0.05, 0) is 6.42 Å². The maximum Gasteiger partial charge on any atom is 0.303 e. The molecule has 30 heavy (non-hydrogen) atoms. The molecule has 170 valence electrons. The van der Waals surface area contributed by atoms with Gasteiger partial charge in [0.15, 0.2) is 23.7 Å². The molecule has 11 heteroatoms. The van der Waals surface area contributed by atoms with Gasteiger partial charge in [-0.15, -0.1) is 0 Å². The highest BCUT2D eigenvalue weighted by Gasteiger charge is 2.52. The van der Waals surface area contributed by atoms with Crippen molar-refractivity contribution in [2.45, 2.75) is 70.9 Å². The first-order valence-corrected chi connectivity index (χ1v) is 11.8. The summed E-state index contributed by atoms with van der Waals surface area (Å²) in [5, 5.41) is 0. The van der Waals surface area contributed by atoms with Crippen molar-refractivity contribution in [2.24, 2.45) is 0 Å². The SMILES string of the molecule is CC/C=C\CSS[C@@H]1OC(COC(C)=O)[C@@H](OC(C)=O)C(OC(C)=O)C1OC(C)=O. The molecule has 0 radical (unpaired) electrons. The van der Waals surface area contributed by atoms with Gasteiger partial charge in [-0.1, -0.05) is 40.7 Å². The van der Waals surface area contributed by atoms with E-state index in [-0.39, 0.29) is 6.61 Å². The molecule has 0 amide bonds. The van der Waals surface area contributed by atoms with Crippen LogP contribution >= 0.6 is 21.6 Å². The van der Waals surface area contributed by atoms with Crippen LogP contribution in [0.1, 0.15) is 41.0 Å². The van der Waals surface area contributed by atoms with E-state index in [1.165, 1.54) is 49.3 Å². The highest BCUT2D eigenvalue weighted by atomic mass is 33.1.